The van der Waals surface area contributed by atoms with Crippen molar-refractivity contribution in [3.05, 3.63) is 194 Å². The van der Waals surface area contributed by atoms with E-state index in [2.05, 4.69) is 199 Å². The zero-order chi connectivity index (χ0) is 33.7. The average molecular weight is 649 g/mol. The van der Waals surface area contributed by atoms with Gasteiger partial charge < -0.3 is 0 Å². The Morgan fingerprint density at radius 2 is 0.902 bits per heavy atom. The normalized spacial score (nSPS) is 11.5. The molecule has 0 saturated carbocycles. The predicted molar refractivity (Wildman–Crippen MR) is 215 cm³/mol. The van der Waals surface area contributed by atoms with Gasteiger partial charge in [0.1, 0.15) is 5.82 Å². The molecule has 0 aliphatic carbocycles. The molecular weight excluding hydrogens is 617 g/mol. The maximum absolute atomic E-state index is 5.18. The van der Waals surface area contributed by atoms with E-state index < -0.39 is 0 Å². The van der Waals surface area contributed by atoms with Crippen LogP contribution in [0.2, 0.25) is 0 Å². The summed E-state index contributed by atoms with van der Waals surface area (Å²) in [6, 6.07) is 69.9. The largest absolute Gasteiger partial charge is 0.292 e. The number of hydrogen-bond acceptors (Lipinski definition) is 1. The molecule has 10 aromatic rings. The van der Waals surface area contributed by atoms with E-state index in [1.54, 1.807) is 0 Å². The third-order valence-corrected chi connectivity index (χ3v) is 10.2. The van der Waals surface area contributed by atoms with E-state index in [9.17, 15) is 0 Å². The van der Waals surface area contributed by atoms with Crippen LogP contribution in [-0.2, 0) is 0 Å². The van der Waals surface area contributed by atoms with E-state index in [4.69, 9.17) is 4.98 Å². The molecule has 9 aromatic carbocycles. The Balaban J connectivity index is 1.16. The van der Waals surface area contributed by atoms with E-state index in [0.717, 1.165) is 28.1 Å². The topological polar surface area (TPSA) is 17.8 Å². The van der Waals surface area contributed by atoms with Crippen LogP contribution in [0.3, 0.4) is 0 Å². The molecule has 10 rings (SSSR count). The maximum Gasteiger partial charge on any atom is 0.145 e. The summed E-state index contributed by atoms with van der Waals surface area (Å²) in [5, 5.41) is 7.41. The lowest BCUT2D eigenvalue weighted by molar-refractivity contribution is 1.11. The van der Waals surface area contributed by atoms with Crippen LogP contribution in [0, 0.1) is 0 Å². The number of benzene rings is 9. The van der Waals surface area contributed by atoms with Gasteiger partial charge in [-0.1, -0.05) is 170 Å². The van der Waals surface area contributed by atoms with Crippen LogP contribution in [0.4, 0.5) is 0 Å². The quantitative estimate of drug-likeness (QED) is 0.170. The molecule has 238 valence electrons. The van der Waals surface area contributed by atoms with Crippen molar-refractivity contribution in [2.45, 2.75) is 0 Å². The number of hydrogen-bond donors (Lipinski definition) is 0. The molecule has 0 bridgehead atoms. The molecule has 0 aliphatic rings. The highest BCUT2D eigenvalue weighted by molar-refractivity contribution is 6.22. The first-order valence-corrected chi connectivity index (χ1v) is 17.5. The van der Waals surface area contributed by atoms with E-state index in [0.29, 0.717) is 0 Å². The van der Waals surface area contributed by atoms with Crippen molar-refractivity contribution in [2.24, 2.45) is 0 Å². The standard InChI is InChI=1S/C49H32N2/c1-2-15-34(16-3-1)39-18-6-7-19-40(39)48-43-22-10-8-20-41(43)47(42-21-9-11-23-44(42)48)35-26-28-36(29-27-35)49-50-45-24-12-13-25-46(45)51(49)38-31-30-33-14-4-5-17-37(33)32-38/h1-32H. The fourth-order valence-corrected chi connectivity index (χ4v) is 7.88. The molecule has 0 spiro atoms. The van der Waals surface area contributed by atoms with Crippen molar-refractivity contribution in [1.82, 2.24) is 9.55 Å². The summed E-state index contributed by atoms with van der Waals surface area (Å²) >= 11 is 0. The Hall–Kier alpha value is -6.77. The van der Waals surface area contributed by atoms with Gasteiger partial charge in [0, 0.05) is 11.3 Å². The summed E-state index contributed by atoms with van der Waals surface area (Å²) in [7, 11) is 0. The number of imidazole rings is 1. The van der Waals surface area contributed by atoms with Crippen LogP contribution in [0.15, 0.2) is 194 Å². The Kier molecular flexibility index (Phi) is 6.85. The fourth-order valence-electron chi connectivity index (χ4n) is 7.88. The highest BCUT2D eigenvalue weighted by atomic mass is 15.1. The number of fused-ring (bicyclic) bond motifs is 4. The first-order chi connectivity index (χ1) is 25.3. The summed E-state index contributed by atoms with van der Waals surface area (Å²) in [6.07, 6.45) is 0. The van der Waals surface area contributed by atoms with Crippen molar-refractivity contribution < 1.29 is 0 Å². The molecule has 0 unspecified atom stereocenters. The van der Waals surface area contributed by atoms with Crippen LogP contribution in [0.1, 0.15) is 0 Å². The Bertz CT molecular complexity index is 2840. The Morgan fingerprint density at radius 1 is 0.353 bits per heavy atom. The number of rotatable bonds is 5. The molecule has 2 heteroatoms. The van der Waals surface area contributed by atoms with Gasteiger partial charge in [-0.3, -0.25) is 4.57 Å². The summed E-state index contributed by atoms with van der Waals surface area (Å²) in [4.78, 5) is 5.18. The Morgan fingerprint density at radius 3 is 1.63 bits per heavy atom. The van der Waals surface area contributed by atoms with Crippen molar-refractivity contribution in [1.29, 1.82) is 0 Å². The van der Waals surface area contributed by atoms with Gasteiger partial charge in [0.25, 0.3) is 0 Å². The van der Waals surface area contributed by atoms with Crippen LogP contribution < -0.4 is 0 Å². The lowest BCUT2D eigenvalue weighted by Gasteiger charge is -2.20. The summed E-state index contributed by atoms with van der Waals surface area (Å²) in [5.41, 5.74) is 11.6. The van der Waals surface area contributed by atoms with Gasteiger partial charge in [0.05, 0.1) is 11.0 Å². The van der Waals surface area contributed by atoms with Crippen molar-refractivity contribution in [3.8, 4) is 50.5 Å². The molecule has 0 fully saturated rings. The minimum atomic E-state index is 0.931. The van der Waals surface area contributed by atoms with E-state index in [1.165, 1.54) is 65.7 Å². The summed E-state index contributed by atoms with van der Waals surface area (Å²) in [6.45, 7) is 0. The monoisotopic (exact) mass is 648 g/mol. The highest BCUT2D eigenvalue weighted by Crippen LogP contribution is 2.46. The second-order valence-corrected chi connectivity index (χ2v) is 13.1. The molecule has 1 heterocycles. The molecule has 0 atom stereocenters. The lowest BCUT2D eigenvalue weighted by Crippen LogP contribution is -1.98. The van der Waals surface area contributed by atoms with Crippen LogP contribution in [0.25, 0.3) is 93.8 Å². The number of nitrogens with zero attached hydrogens (tertiary/aromatic N) is 2. The van der Waals surface area contributed by atoms with Gasteiger partial charge in [0.15, 0.2) is 0 Å². The van der Waals surface area contributed by atoms with Gasteiger partial charge in [-0.25, -0.2) is 4.98 Å². The van der Waals surface area contributed by atoms with Crippen LogP contribution in [-0.4, -0.2) is 9.55 Å². The molecule has 0 saturated heterocycles. The maximum atomic E-state index is 5.18. The van der Waals surface area contributed by atoms with Crippen molar-refractivity contribution in [2.75, 3.05) is 0 Å². The third-order valence-electron chi connectivity index (χ3n) is 10.2. The SMILES string of the molecule is c1ccc(-c2ccccc2-c2c3ccccc3c(-c3ccc(-c4nc5ccccc5n4-c4ccc5ccccc5c4)cc3)c3ccccc23)cc1. The zero-order valence-electron chi connectivity index (χ0n) is 27.9. The van der Waals surface area contributed by atoms with Gasteiger partial charge in [-0.2, -0.15) is 0 Å². The van der Waals surface area contributed by atoms with Gasteiger partial charge in [0.2, 0.25) is 0 Å². The minimum absolute atomic E-state index is 0.931. The number of aromatic nitrogens is 2. The fraction of sp³-hybridized carbons (Fsp3) is 0. The Labute approximate surface area is 296 Å². The first-order valence-electron chi connectivity index (χ1n) is 17.5. The van der Waals surface area contributed by atoms with Gasteiger partial charge >= 0.3 is 0 Å². The molecule has 0 amide bonds. The second kappa shape index (κ2) is 12.0. The van der Waals surface area contributed by atoms with Crippen molar-refractivity contribution in [3.63, 3.8) is 0 Å². The average Bonchev–Trinajstić information content (AvgIpc) is 3.60. The smallest absolute Gasteiger partial charge is 0.145 e. The molecule has 1 aromatic heterocycles. The molecule has 51 heavy (non-hydrogen) atoms. The highest BCUT2D eigenvalue weighted by Gasteiger charge is 2.20. The number of para-hydroxylation sites is 2. The van der Waals surface area contributed by atoms with Crippen molar-refractivity contribution >= 4 is 43.4 Å². The van der Waals surface area contributed by atoms with E-state index >= 15 is 0 Å². The summed E-state index contributed by atoms with van der Waals surface area (Å²) in [5.74, 6) is 0.931. The predicted octanol–water partition coefficient (Wildman–Crippen LogP) is 13.2. The molecular formula is C49H32N2. The molecule has 0 radical (unpaired) electrons. The zero-order valence-corrected chi connectivity index (χ0v) is 27.9. The van der Waals surface area contributed by atoms with Crippen LogP contribution >= 0.6 is 0 Å². The minimum Gasteiger partial charge on any atom is -0.292 e. The first kappa shape index (κ1) is 29.2. The van der Waals surface area contributed by atoms with Gasteiger partial charge in [-0.05, 0) is 90.0 Å². The van der Waals surface area contributed by atoms with E-state index in [1.807, 2.05) is 0 Å². The second-order valence-electron chi connectivity index (χ2n) is 13.1. The molecule has 2 nitrogen and oxygen atoms in total. The van der Waals surface area contributed by atoms with Gasteiger partial charge in [-0.15, -0.1) is 0 Å². The van der Waals surface area contributed by atoms with Crippen LogP contribution in [0.5, 0.6) is 0 Å². The summed E-state index contributed by atoms with van der Waals surface area (Å²) < 4.78 is 2.29. The van der Waals surface area contributed by atoms with E-state index in [-0.39, 0.29) is 0 Å². The third kappa shape index (κ3) is 4.84. The molecule has 0 aliphatic heterocycles. The molecule has 0 N–H and O–H groups in total. The lowest BCUT2D eigenvalue weighted by atomic mass is 9.84.